The van der Waals surface area contributed by atoms with Crippen molar-refractivity contribution in [2.75, 3.05) is 49.1 Å². The van der Waals surface area contributed by atoms with Gasteiger partial charge in [0, 0.05) is 49.0 Å². The van der Waals surface area contributed by atoms with Crippen molar-refractivity contribution < 1.29 is 4.39 Å². The van der Waals surface area contributed by atoms with E-state index >= 15 is 0 Å². The minimum absolute atomic E-state index is 0.0501. The molecule has 9 nitrogen and oxygen atoms in total. The Hall–Kier alpha value is -3.24. The molecule has 11 heteroatoms. The molecule has 162 valence electrons. The van der Waals surface area contributed by atoms with E-state index in [1.54, 1.807) is 16.9 Å². The Bertz CT molecular complexity index is 1070. The van der Waals surface area contributed by atoms with E-state index in [1.165, 1.54) is 12.1 Å². The SMILES string of the molecule is Cc1c(C=CCN2CCN(c3cc(F)cc(Cl)c3)CC2)cnn1-c1nc(N)nc(N)n1. The summed E-state index contributed by atoms with van der Waals surface area (Å²) in [5, 5.41) is 4.75. The molecule has 0 amide bonds. The second-order valence-electron chi connectivity index (χ2n) is 7.27. The number of hydrogen-bond acceptors (Lipinski definition) is 8. The van der Waals surface area contributed by atoms with Crippen molar-refractivity contribution in [1.82, 2.24) is 29.6 Å². The Morgan fingerprint density at radius 1 is 1.06 bits per heavy atom. The topological polar surface area (TPSA) is 115 Å². The van der Waals surface area contributed by atoms with Gasteiger partial charge in [0.2, 0.25) is 11.9 Å². The van der Waals surface area contributed by atoms with Crippen LogP contribution in [0.3, 0.4) is 0 Å². The van der Waals surface area contributed by atoms with Crippen LogP contribution < -0.4 is 16.4 Å². The smallest absolute Gasteiger partial charge is 0.257 e. The lowest BCUT2D eigenvalue weighted by Crippen LogP contribution is -2.46. The Morgan fingerprint density at radius 3 is 2.45 bits per heavy atom. The molecule has 31 heavy (non-hydrogen) atoms. The summed E-state index contributed by atoms with van der Waals surface area (Å²) in [6.45, 7) is 6.10. The van der Waals surface area contributed by atoms with Gasteiger partial charge in [0.15, 0.2) is 0 Å². The summed E-state index contributed by atoms with van der Waals surface area (Å²) < 4.78 is 15.2. The number of rotatable bonds is 5. The van der Waals surface area contributed by atoms with E-state index in [4.69, 9.17) is 23.1 Å². The van der Waals surface area contributed by atoms with Crippen molar-refractivity contribution in [1.29, 1.82) is 0 Å². The van der Waals surface area contributed by atoms with E-state index in [9.17, 15) is 4.39 Å². The predicted molar refractivity (Wildman–Crippen MR) is 120 cm³/mol. The molecule has 4 N–H and O–H groups in total. The van der Waals surface area contributed by atoms with Gasteiger partial charge in [-0.15, -0.1) is 0 Å². The molecule has 1 aliphatic heterocycles. The van der Waals surface area contributed by atoms with Crippen molar-refractivity contribution in [3.8, 4) is 5.95 Å². The van der Waals surface area contributed by atoms with Crippen molar-refractivity contribution in [2.45, 2.75) is 6.92 Å². The van der Waals surface area contributed by atoms with Crippen LogP contribution in [0.15, 0.2) is 30.5 Å². The quantitative estimate of drug-likeness (QED) is 0.616. The van der Waals surface area contributed by atoms with E-state index in [0.717, 1.165) is 49.7 Å². The number of nitrogens with zero attached hydrogens (tertiary/aromatic N) is 7. The summed E-state index contributed by atoms with van der Waals surface area (Å²) in [6, 6.07) is 4.64. The van der Waals surface area contributed by atoms with Gasteiger partial charge in [-0.2, -0.15) is 20.1 Å². The maximum Gasteiger partial charge on any atom is 0.257 e. The fourth-order valence-electron chi connectivity index (χ4n) is 3.52. The molecule has 1 saturated heterocycles. The molecule has 1 fully saturated rings. The van der Waals surface area contributed by atoms with Crippen molar-refractivity contribution >= 4 is 35.3 Å². The largest absolute Gasteiger partial charge is 0.369 e. The number of nitrogens with two attached hydrogens (primary N) is 2. The highest BCUT2D eigenvalue weighted by Crippen LogP contribution is 2.23. The molecule has 0 atom stereocenters. The molecule has 2 aromatic heterocycles. The summed E-state index contributed by atoms with van der Waals surface area (Å²) in [4.78, 5) is 16.4. The molecule has 0 aliphatic carbocycles. The third kappa shape index (κ3) is 4.92. The van der Waals surface area contributed by atoms with Crippen LogP contribution in [0.1, 0.15) is 11.3 Å². The monoisotopic (exact) mass is 443 g/mol. The minimum Gasteiger partial charge on any atom is -0.369 e. The maximum absolute atomic E-state index is 13.6. The zero-order chi connectivity index (χ0) is 22.0. The van der Waals surface area contributed by atoms with Gasteiger partial charge in [-0.3, -0.25) is 4.90 Å². The number of aromatic nitrogens is 5. The predicted octanol–water partition coefficient (Wildman–Crippen LogP) is 2.16. The number of piperazine rings is 1. The highest BCUT2D eigenvalue weighted by Gasteiger charge is 2.17. The first-order valence-corrected chi connectivity index (χ1v) is 10.2. The Balaban J connectivity index is 1.35. The van der Waals surface area contributed by atoms with Gasteiger partial charge in [-0.1, -0.05) is 23.8 Å². The Morgan fingerprint density at radius 2 is 1.77 bits per heavy atom. The van der Waals surface area contributed by atoms with Gasteiger partial charge >= 0.3 is 0 Å². The molecule has 1 aliphatic rings. The van der Waals surface area contributed by atoms with Crippen LogP contribution in [0.2, 0.25) is 5.02 Å². The number of anilines is 3. The standard InChI is InChI=1S/C20H23ClFN9/c1-13-14(12-25-31(13)20-27-18(23)26-19(24)28-20)3-2-4-29-5-7-30(8-6-29)17-10-15(21)9-16(22)11-17/h2-3,9-12H,4-8H2,1H3,(H4,23,24,26,27,28). The van der Waals surface area contributed by atoms with Crippen LogP contribution in [0.4, 0.5) is 22.0 Å². The second kappa shape index (κ2) is 8.86. The van der Waals surface area contributed by atoms with Crippen LogP contribution >= 0.6 is 11.6 Å². The normalized spacial score (nSPS) is 15.1. The van der Waals surface area contributed by atoms with Crippen molar-refractivity contribution in [3.05, 3.63) is 52.6 Å². The zero-order valence-corrected chi connectivity index (χ0v) is 17.8. The Labute approximate surface area is 184 Å². The zero-order valence-electron chi connectivity index (χ0n) is 17.0. The molecule has 3 heterocycles. The van der Waals surface area contributed by atoms with E-state index in [-0.39, 0.29) is 23.7 Å². The lowest BCUT2D eigenvalue weighted by Gasteiger charge is -2.35. The summed E-state index contributed by atoms with van der Waals surface area (Å²) in [5.41, 5.74) is 13.9. The number of benzene rings is 1. The highest BCUT2D eigenvalue weighted by atomic mass is 35.5. The van der Waals surface area contributed by atoms with Gasteiger partial charge in [0.05, 0.1) is 11.9 Å². The van der Waals surface area contributed by atoms with Gasteiger partial charge in [-0.25, -0.2) is 9.07 Å². The summed E-state index contributed by atoms with van der Waals surface area (Å²) in [6.07, 6.45) is 5.86. The summed E-state index contributed by atoms with van der Waals surface area (Å²) in [7, 11) is 0. The van der Waals surface area contributed by atoms with E-state index in [2.05, 4.69) is 35.9 Å². The number of nitrogen functional groups attached to an aromatic ring is 2. The van der Waals surface area contributed by atoms with Gasteiger partial charge < -0.3 is 16.4 Å². The molecular weight excluding hydrogens is 421 g/mol. The summed E-state index contributed by atoms with van der Waals surface area (Å²) in [5.74, 6) is 0.0744. The minimum atomic E-state index is -0.314. The molecule has 3 aromatic rings. The molecule has 1 aromatic carbocycles. The van der Waals surface area contributed by atoms with Crippen LogP contribution in [0.25, 0.3) is 12.0 Å². The molecule has 0 radical (unpaired) electrons. The van der Waals surface area contributed by atoms with E-state index < -0.39 is 0 Å². The van der Waals surface area contributed by atoms with Crippen LogP contribution in [-0.2, 0) is 0 Å². The Kier molecular flexibility index (Phi) is 6.01. The van der Waals surface area contributed by atoms with Crippen molar-refractivity contribution in [2.24, 2.45) is 0 Å². The van der Waals surface area contributed by atoms with E-state index in [0.29, 0.717) is 5.02 Å². The fraction of sp³-hybridized carbons (Fsp3) is 0.300. The van der Waals surface area contributed by atoms with Crippen LogP contribution in [-0.4, -0.2) is 62.4 Å². The molecule has 0 spiro atoms. The number of halogens is 2. The lowest BCUT2D eigenvalue weighted by atomic mass is 10.2. The first kappa shape index (κ1) is 21.0. The van der Waals surface area contributed by atoms with Crippen LogP contribution in [0, 0.1) is 12.7 Å². The first-order chi connectivity index (χ1) is 14.9. The average Bonchev–Trinajstić information content (AvgIpc) is 3.07. The maximum atomic E-state index is 13.6. The second-order valence-corrected chi connectivity index (χ2v) is 7.70. The summed E-state index contributed by atoms with van der Waals surface area (Å²) >= 11 is 5.98. The van der Waals surface area contributed by atoms with Gasteiger partial charge in [0.25, 0.3) is 5.95 Å². The molecular formula is C20H23ClFN9. The highest BCUT2D eigenvalue weighted by molar-refractivity contribution is 6.30. The van der Waals surface area contributed by atoms with Crippen LogP contribution in [0.5, 0.6) is 0 Å². The third-order valence-corrected chi connectivity index (χ3v) is 5.36. The van der Waals surface area contributed by atoms with Gasteiger partial charge in [-0.05, 0) is 25.1 Å². The lowest BCUT2D eigenvalue weighted by molar-refractivity contribution is 0.284. The molecule has 0 unspecified atom stereocenters. The third-order valence-electron chi connectivity index (χ3n) is 5.14. The molecule has 0 bridgehead atoms. The first-order valence-electron chi connectivity index (χ1n) is 9.81. The van der Waals surface area contributed by atoms with E-state index in [1.807, 2.05) is 13.0 Å². The molecule has 0 saturated carbocycles. The van der Waals surface area contributed by atoms with Gasteiger partial charge in [0.1, 0.15) is 5.82 Å². The average molecular weight is 444 g/mol. The fourth-order valence-corrected chi connectivity index (χ4v) is 3.73. The van der Waals surface area contributed by atoms with Crippen molar-refractivity contribution in [3.63, 3.8) is 0 Å². The number of hydrogen-bond donors (Lipinski definition) is 2. The molecule has 4 rings (SSSR count).